The maximum absolute atomic E-state index is 12.1. The van der Waals surface area contributed by atoms with E-state index in [1.54, 1.807) is 0 Å². The van der Waals surface area contributed by atoms with Gasteiger partial charge in [0.25, 0.3) is 0 Å². The van der Waals surface area contributed by atoms with Crippen molar-refractivity contribution in [3.8, 4) is 0 Å². The highest BCUT2D eigenvalue weighted by Gasteiger charge is 2.41. The average molecular weight is 364 g/mol. The number of aryl methyl sites for hydroxylation is 1. The van der Waals surface area contributed by atoms with Gasteiger partial charge in [-0.2, -0.15) is 0 Å². The van der Waals surface area contributed by atoms with Crippen LogP contribution in [-0.4, -0.2) is 36.2 Å². The first kappa shape index (κ1) is 19.9. The van der Waals surface area contributed by atoms with Crippen LogP contribution in [0.25, 0.3) is 6.08 Å². The van der Waals surface area contributed by atoms with Gasteiger partial charge in [-0.1, -0.05) is 72.7 Å². The van der Waals surface area contributed by atoms with E-state index in [0.29, 0.717) is 6.42 Å². The topological polar surface area (TPSA) is 23.5 Å². The molecule has 1 saturated carbocycles. The van der Waals surface area contributed by atoms with Gasteiger partial charge >= 0.3 is 0 Å². The molecule has 144 valence electrons. The third-order valence-corrected chi connectivity index (χ3v) is 5.76. The summed E-state index contributed by atoms with van der Waals surface area (Å²) in [5.74, 6) is 0.241. The zero-order chi connectivity index (χ0) is 19.3. The summed E-state index contributed by atoms with van der Waals surface area (Å²) in [6, 6.07) is 19.0. The molecule has 0 aromatic heterocycles. The first-order valence-electron chi connectivity index (χ1n) is 10.2. The van der Waals surface area contributed by atoms with E-state index in [9.17, 15) is 5.11 Å². The van der Waals surface area contributed by atoms with Crippen LogP contribution in [0, 0.1) is 12.8 Å². The number of aliphatic hydroxyl groups is 1. The normalized spacial score (nSPS) is 24.9. The second-order valence-corrected chi connectivity index (χ2v) is 8.38. The molecule has 1 aliphatic carbocycles. The van der Waals surface area contributed by atoms with Gasteiger partial charge in [0, 0.05) is 18.9 Å². The summed E-state index contributed by atoms with van der Waals surface area (Å²) in [4.78, 5) is 2.22. The highest BCUT2D eigenvalue weighted by Crippen LogP contribution is 2.40. The van der Waals surface area contributed by atoms with Crippen LogP contribution in [-0.2, 0) is 6.42 Å². The van der Waals surface area contributed by atoms with E-state index in [1.807, 2.05) is 6.07 Å². The predicted molar refractivity (Wildman–Crippen MR) is 115 cm³/mol. The largest absolute Gasteiger partial charge is 0.385 e. The maximum Gasteiger partial charge on any atom is 0.0940 e. The Hall–Kier alpha value is -1.90. The quantitative estimate of drug-likeness (QED) is 0.747. The minimum atomic E-state index is -0.801. The minimum absolute atomic E-state index is 0.241. The molecular weight excluding hydrogens is 330 g/mol. The Morgan fingerprint density at radius 2 is 1.85 bits per heavy atom. The molecule has 2 nitrogen and oxygen atoms in total. The summed E-state index contributed by atoms with van der Waals surface area (Å²) in [7, 11) is 4.22. The van der Waals surface area contributed by atoms with E-state index in [-0.39, 0.29) is 5.92 Å². The van der Waals surface area contributed by atoms with Crippen molar-refractivity contribution in [3.05, 3.63) is 76.9 Å². The molecule has 2 unspecified atom stereocenters. The molecule has 0 radical (unpaired) electrons. The van der Waals surface area contributed by atoms with Crippen molar-refractivity contribution >= 4 is 6.08 Å². The fourth-order valence-corrected chi connectivity index (χ4v) is 4.45. The molecule has 2 aromatic carbocycles. The summed E-state index contributed by atoms with van der Waals surface area (Å²) in [6.07, 6.45) is 7.31. The van der Waals surface area contributed by atoms with Crippen LogP contribution in [0.3, 0.4) is 0 Å². The summed E-state index contributed by atoms with van der Waals surface area (Å²) in [6.45, 7) is 3.03. The third kappa shape index (κ3) is 5.09. The van der Waals surface area contributed by atoms with Gasteiger partial charge < -0.3 is 10.0 Å². The Morgan fingerprint density at radius 1 is 1.07 bits per heavy atom. The molecule has 2 atom stereocenters. The van der Waals surface area contributed by atoms with Gasteiger partial charge in [-0.25, -0.2) is 0 Å². The van der Waals surface area contributed by atoms with Crippen LogP contribution in [0.1, 0.15) is 42.4 Å². The number of rotatable bonds is 5. The molecule has 1 N–H and O–H groups in total. The highest BCUT2D eigenvalue weighted by molar-refractivity contribution is 5.56. The van der Waals surface area contributed by atoms with E-state index in [2.05, 4.69) is 80.5 Å². The molecule has 3 rings (SSSR count). The van der Waals surface area contributed by atoms with Crippen molar-refractivity contribution in [2.45, 2.75) is 44.6 Å². The van der Waals surface area contributed by atoms with Crippen LogP contribution in [0.2, 0.25) is 0 Å². The molecule has 0 saturated heterocycles. The molecule has 27 heavy (non-hydrogen) atoms. The highest BCUT2D eigenvalue weighted by atomic mass is 16.3. The van der Waals surface area contributed by atoms with Gasteiger partial charge in [-0.05, 0) is 57.0 Å². The van der Waals surface area contributed by atoms with Crippen molar-refractivity contribution in [2.24, 2.45) is 5.92 Å². The monoisotopic (exact) mass is 363 g/mol. The van der Waals surface area contributed by atoms with Crippen molar-refractivity contribution in [2.75, 3.05) is 20.6 Å². The van der Waals surface area contributed by atoms with E-state index < -0.39 is 5.60 Å². The van der Waals surface area contributed by atoms with Crippen LogP contribution in [0.5, 0.6) is 0 Å². The zero-order valence-corrected chi connectivity index (χ0v) is 17.0. The number of nitrogens with zero attached hydrogens (tertiary/aromatic N) is 1. The zero-order valence-electron chi connectivity index (χ0n) is 17.0. The number of hydrogen-bond acceptors (Lipinski definition) is 2. The molecule has 2 aromatic rings. The van der Waals surface area contributed by atoms with Crippen molar-refractivity contribution in [1.29, 1.82) is 0 Å². The Balaban J connectivity index is 2.03. The van der Waals surface area contributed by atoms with Crippen LogP contribution < -0.4 is 0 Å². The maximum atomic E-state index is 12.1. The summed E-state index contributed by atoms with van der Waals surface area (Å²) in [5.41, 5.74) is 4.05. The lowest BCUT2D eigenvalue weighted by Gasteiger charge is -2.39. The molecule has 0 bridgehead atoms. The molecule has 0 aliphatic heterocycles. The van der Waals surface area contributed by atoms with Crippen molar-refractivity contribution < 1.29 is 5.11 Å². The smallest absolute Gasteiger partial charge is 0.0940 e. The molecule has 0 amide bonds. The second-order valence-electron chi connectivity index (χ2n) is 8.38. The molecular formula is C25H33NO. The lowest BCUT2D eigenvalue weighted by Crippen LogP contribution is -2.45. The molecule has 1 aliphatic rings. The lowest BCUT2D eigenvalue weighted by atomic mass is 9.74. The van der Waals surface area contributed by atoms with Crippen molar-refractivity contribution in [1.82, 2.24) is 4.90 Å². The van der Waals surface area contributed by atoms with Gasteiger partial charge in [-0.15, -0.1) is 0 Å². The molecule has 0 heterocycles. The van der Waals surface area contributed by atoms with Gasteiger partial charge in [0.1, 0.15) is 0 Å². The van der Waals surface area contributed by atoms with E-state index in [1.165, 1.54) is 28.7 Å². The fraction of sp³-hybridized carbons (Fsp3) is 0.440. The predicted octanol–water partition coefficient (Wildman–Crippen LogP) is 5.10. The summed E-state index contributed by atoms with van der Waals surface area (Å²) in [5, 5.41) is 12.1. The molecule has 1 fully saturated rings. The van der Waals surface area contributed by atoms with E-state index in [0.717, 1.165) is 25.8 Å². The first-order valence-corrected chi connectivity index (χ1v) is 10.2. The number of benzene rings is 2. The Bertz CT molecular complexity index is 765. The van der Waals surface area contributed by atoms with E-state index in [4.69, 9.17) is 0 Å². The SMILES string of the molecule is Cc1cccc(CC2(O)/C(=C\c3ccccc3)CCCCC2CN(C)C)c1. The van der Waals surface area contributed by atoms with E-state index >= 15 is 0 Å². The Kier molecular flexibility index (Phi) is 6.51. The molecule has 2 heteroatoms. The van der Waals surface area contributed by atoms with Gasteiger partial charge in [0.05, 0.1) is 5.60 Å². The van der Waals surface area contributed by atoms with Gasteiger partial charge in [-0.3, -0.25) is 0 Å². The van der Waals surface area contributed by atoms with Crippen LogP contribution in [0.4, 0.5) is 0 Å². The second kappa shape index (κ2) is 8.86. The van der Waals surface area contributed by atoms with Gasteiger partial charge in [0.2, 0.25) is 0 Å². The standard InChI is InChI=1S/C25H33NO/c1-20-10-9-13-22(16-20)18-25(27)23(17-21-11-5-4-6-12-21)14-7-8-15-24(25)19-26(2)3/h4-6,9-13,16-17,24,27H,7-8,14-15,18-19H2,1-3H3/b23-17-. The van der Waals surface area contributed by atoms with Gasteiger partial charge in [0.15, 0.2) is 0 Å². The summed E-state index contributed by atoms with van der Waals surface area (Å²) < 4.78 is 0. The fourth-order valence-electron chi connectivity index (χ4n) is 4.45. The third-order valence-electron chi connectivity index (χ3n) is 5.76. The van der Waals surface area contributed by atoms with Crippen LogP contribution >= 0.6 is 0 Å². The summed E-state index contributed by atoms with van der Waals surface area (Å²) >= 11 is 0. The lowest BCUT2D eigenvalue weighted by molar-refractivity contribution is 0.00516. The Labute approximate surface area is 164 Å². The Morgan fingerprint density at radius 3 is 2.56 bits per heavy atom. The van der Waals surface area contributed by atoms with Crippen LogP contribution in [0.15, 0.2) is 60.2 Å². The molecule has 0 spiro atoms. The minimum Gasteiger partial charge on any atom is -0.385 e. The average Bonchev–Trinajstić information content (AvgIpc) is 2.76. The first-order chi connectivity index (χ1) is 13.0. The number of hydrogen-bond donors (Lipinski definition) is 1. The van der Waals surface area contributed by atoms with Crippen molar-refractivity contribution in [3.63, 3.8) is 0 Å².